The zero-order valence-electron chi connectivity index (χ0n) is 20.5. The van der Waals surface area contributed by atoms with Crippen LogP contribution in [0, 0.1) is 19.7 Å². The lowest BCUT2D eigenvalue weighted by atomic mass is 10.0. The number of hydrogen-bond donors (Lipinski definition) is 3. The molecule has 4 rings (SSSR count). The molecule has 37 heavy (non-hydrogen) atoms. The van der Waals surface area contributed by atoms with Crippen molar-refractivity contribution in [3.63, 3.8) is 0 Å². The number of nitrogens with zero attached hydrogens (tertiary/aromatic N) is 2. The Hall–Kier alpha value is -3.83. The van der Waals surface area contributed by atoms with Crippen LogP contribution in [0.1, 0.15) is 55.7 Å². The van der Waals surface area contributed by atoms with E-state index in [1.54, 1.807) is 12.1 Å². The second kappa shape index (κ2) is 11.1. The molecule has 11 heteroatoms. The Balaban J connectivity index is 1.82. The van der Waals surface area contributed by atoms with E-state index in [1.165, 1.54) is 29.2 Å². The van der Waals surface area contributed by atoms with Crippen molar-refractivity contribution in [3.8, 4) is 0 Å². The molecule has 0 aliphatic carbocycles. The van der Waals surface area contributed by atoms with Crippen molar-refractivity contribution in [1.29, 1.82) is 0 Å². The first-order chi connectivity index (χ1) is 17.7. The molecule has 2 aromatic carbocycles. The number of halogens is 1. The fourth-order valence-corrected chi connectivity index (χ4v) is 4.92. The predicted molar refractivity (Wildman–Crippen MR) is 139 cm³/mol. The van der Waals surface area contributed by atoms with Gasteiger partial charge in [0, 0.05) is 18.8 Å². The average Bonchev–Trinajstić information content (AvgIpc) is 3.53. The standard InChI is InChI=1S/C26H28FN5O4S/c1-14-5-10-18(12-15(14)2)32(26(35)23-20(28)21(24(29)33)31-37-23)22(16-6-8-17(27)9-7-16)25(34)30-13-19-4-3-11-36-19/h5-10,12,19,22H,3-4,11,13,28H2,1-2H3,(H2,29,33)(H,30,34)/t19-,22-/m0/s1. The van der Waals surface area contributed by atoms with Crippen LogP contribution in [-0.2, 0) is 9.53 Å². The molecule has 1 fully saturated rings. The van der Waals surface area contributed by atoms with Gasteiger partial charge in [0.05, 0.1) is 11.8 Å². The summed E-state index contributed by atoms with van der Waals surface area (Å²) in [5.41, 5.74) is 13.8. The molecular formula is C26H28FN5O4S. The van der Waals surface area contributed by atoms with Crippen LogP contribution in [0.15, 0.2) is 42.5 Å². The summed E-state index contributed by atoms with van der Waals surface area (Å²) in [5.74, 6) is -2.47. The third kappa shape index (κ3) is 5.62. The van der Waals surface area contributed by atoms with Crippen LogP contribution in [0.3, 0.4) is 0 Å². The smallest absolute Gasteiger partial charge is 0.273 e. The molecule has 9 nitrogen and oxygen atoms in total. The van der Waals surface area contributed by atoms with Gasteiger partial charge in [0.2, 0.25) is 5.91 Å². The fourth-order valence-electron chi connectivity index (χ4n) is 4.18. The molecule has 1 aliphatic rings. The first kappa shape index (κ1) is 26.2. The number of aromatic nitrogens is 1. The molecule has 194 valence electrons. The topological polar surface area (TPSA) is 141 Å². The summed E-state index contributed by atoms with van der Waals surface area (Å²) in [5, 5.41) is 2.89. The first-order valence-electron chi connectivity index (χ1n) is 11.8. The third-order valence-electron chi connectivity index (χ3n) is 6.36. The van der Waals surface area contributed by atoms with Crippen LogP contribution < -0.4 is 21.7 Å². The van der Waals surface area contributed by atoms with Crippen molar-refractivity contribution in [3.05, 3.63) is 75.5 Å². The summed E-state index contributed by atoms with van der Waals surface area (Å²) in [4.78, 5) is 40.7. The first-order valence-corrected chi connectivity index (χ1v) is 12.5. The van der Waals surface area contributed by atoms with E-state index in [-0.39, 0.29) is 28.9 Å². The molecule has 3 amide bonds. The van der Waals surface area contributed by atoms with E-state index >= 15 is 0 Å². The summed E-state index contributed by atoms with van der Waals surface area (Å²) in [7, 11) is 0. The molecule has 1 aliphatic heterocycles. The van der Waals surface area contributed by atoms with Crippen LogP contribution in [-0.4, -0.2) is 41.4 Å². The van der Waals surface area contributed by atoms with E-state index in [2.05, 4.69) is 9.69 Å². The van der Waals surface area contributed by atoms with Crippen LogP contribution in [0.2, 0.25) is 0 Å². The number of carbonyl (C=O) groups excluding carboxylic acids is 3. The maximum Gasteiger partial charge on any atom is 0.273 e. The van der Waals surface area contributed by atoms with Crippen molar-refractivity contribution >= 4 is 40.6 Å². The molecule has 1 aromatic heterocycles. The van der Waals surface area contributed by atoms with Gasteiger partial charge in [0.15, 0.2) is 5.69 Å². The second-order valence-electron chi connectivity index (χ2n) is 8.92. The van der Waals surface area contributed by atoms with E-state index in [0.29, 0.717) is 17.9 Å². The number of nitrogens with one attached hydrogen (secondary N) is 1. The highest BCUT2D eigenvalue weighted by molar-refractivity contribution is 7.09. The van der Waals surface area contributed by atoms with Gasteiger partial charge in [-0.1, -0.05) is 18.2 Å². The zero-order chi connectivity index (χ0) is 26.7. The molecule has 0 bridgehead atoms. The van der Waals surface area contributed by atoms with Crippen molar-refractivity contribution in [1.82, 2.24) is 9.69 Å². The number of benzene rings is 2. The zero-order valence-corrected chi connectivity index (χ0v) is 21.3. The second-order valence-corrected chi connectivity index (χ2v) is 9.69. The number of hydrogen-bond acceptors (Lipinski definition) is 7. The Labute approximate surface area is 217 Å². The van der Waals surface area contributed by atoms with Gasteiger partial charge >= 0.3 is 0 Å². The minimum atomic E-state index is -1.19. The molecule has 5 N–H and O–H groups in total. The summed E-state index contributed by atoms with van der Waals surface area (Å²) >= 11 is 0.725. The number of amides is 3. The Kier molecular flexibility index (Phi) is 7.84. The lowest BCUT2D eigenvalue weighted by molar-refractivity contribution is -0.123. The normalized spacial score (nSPS) is 15.8. The van der Waals surface area contributed by atoms with Gasteiger partial charge in [0.25, 0.3) is 11.8 Å². The highest BCUT2D eigenvalue weighted by Crippen LogP contribution is 2.34. The average molecular weight is 526 g/mol. The van der Waals surface area contributed by atoms with Gasteiger partial charge in [-0.25, -0.2) is 4.39 Å². The minimum Gasteiger partial charge on any atom is -0.395 e. The Morgan fingerprint density at radius 1 is 1.19 bits per heavy atom. The Morgan fingerprint density at radius 3 is 2.51 bits per heavy atom. The summed E-state index contributed by atoms with van der Waals surface area (Å²) in [6, 6.07) is 9.52. The van der Waals surface area contributed by atoms with Gasteiger partial charge in [-0.05, 0) is 79.2 Å². The number of nitrogens with two attached hydrogens (primary N) is 2. The van der Waals surface area contributed by atoms with Crippen LogP contribution in [0.25, 0.3) is 0 Å². The van der Waals surface area contributed by atoms with Gasteiger partial charge in [0.1, 0.15) is 16.7 Å². The van der Waals surface area contributed by atoms with Gasteiger partial charge in [-0.2, -0.15) is 4.37 Å². The van der Waals surface area contributed by atoms with Crippen molar-refractivity contribution in [2.45, 2.75) is 38.8 Å². The van der Waals surface area contributed by atoms with Crippen LogP contribution in [0.4, 0.5) is 15.8 Å². The lowest BCUT2D eigenvalue weighted by Crippen LogP contribution is -2.45. The monoisotopic (exact) mass is 525 g/mol. The summed E-state index contributed by atoms with van der Waals surface area (Å²) in [6.07, 6.45) is 1.59. The Morgan fingerprint density at radius 2 is 1.92 bits per heavy atom. The highest BCUT2D eigenvalue weighted by Gasteiger charge is 2.36. The number of nitrogen functional groups attached to an aromatic ring is 1. The van der Waals surface area contributed by atoms with E-state index < -0.39 is 29.6 Å². The van der Waals surface area contributed by atoms with Gasteiger partial charge in [-0.15, -0.1) is 0 Å². The Bertz CT molecular complexity index is 1320. The molecule has 2 heterocycles. The third-order valence-corrected chi connectivity index (χ3v) is 7.21. The van der Waals surface area contributed by atoms with Crippen molar-refractivity contribution in [2.24, 2.45) is 5.73 Å². The van der Waals surface area contributed by atoms with Crippen LogP contribution >= 0.6 is 11.5 Å². The highest BCUT2D eigenvalue weighted by atomic mass is 32.1. The molecular weight excluding hydrogens is 497 g/mol. The summed E-state index contributed by atoms with van der Waals surface area (Å²) in [6.45, 7) is 4.71. The minimum absolute atomic E-state index is 0.0361. The van der Waals surface area contributed by atoms with E-state index in [9.17, 15) is 18.8 Å². The predicted octanol–water partition coefficient (Wildman–Crippen LogP) is 3.26. The summed E-state index contributed by atoms with van der Waals surface area (Å²) < 4.78 is 23.4. The molecule has 3 aromatic rings. The van der Waals surface area contributed by atoms with Gasteiger partial charge in [-0.3, -0.25) is 19.3 Å². The number of ether oxygens (including phenoxy) is 1. The SMILES string of the molecule is Cc1ccc(N(C(=O)c2snc(C(N)=O)c2N)[C@H](C(=O)NC[C@@H]2CCCO2)c2ccc(F)cc2)cc1C. The van der Waals surface area contributed by atoms with E-state index in [1.807, 2.05) is 19.9 Å². The molecule has 1 saturated heterocycles. The molecule has 0 spiro atoms. The quantitative estimate of drug-likeness (QED) is 0.412. The van der Waals surface area contributed by atoms with Crippen LogP contribution in [0.5, 0.6) is 0 Å². The number of rotatable bonds is 8. The number of primary amides is 1. The molecule has 0 unspecified atom stereocenters. The molecule has 0 radical (unpaired) electrons. The van der Waals surface area contributed by atoms with E-state index in [4.69, 9.17) is 16.2 Å². The number of aryl methyl sites for hydroxylation is 2. The largest absolute Gasteiger partial charge is 0.395 e. The lowest BCUT2D eigenvalue weighted by Gasteiger charge is -2.32. The maximum atomic E-state index is 14.0. The number of anilines is 2. The number of carbonyl (C=O) groups is 3. The van der Waals surface area contributed by atoms with Gasteiger partial charge < -0.3 is 21.5 Å². The van der Waals surface area contributed by atoms with Crippen molar-refractivity contribution in [2.75, 3.05) is 23.8 Å². The fraction of sp³-hybridized carbons (Fsp3) is 0.308. The van der Waals surface area contributed by atoms with Crippen molar-refractivity contribution < 1.29 is 23.5 Å². The molecule has 2 atom stereocenters. The molecule has 0 saturated carbocycles. The van der Waals surface area contributed by atoms with E-state index in [0.717, 1.165) is 35.5 Å². The maximum absolute atomic E-state index is 14.0.